The summed E-state index contributed by atoms with van der Waals surface area (Å²) < 4.78 is 5.34. The van der Waals surface area contributed by atoms with Gasteiger partial charge in [0.25, 0.3) is 0 Å². The van der Waals surface area contributed by atoms with E-state index in [0.29, 0.717) is 5.76 Å². The normalized spacial score (nSPS) is 25.0. The second-order valence-corrected chi connectivity index (χ2v) is 7.98. The van der Waals surface area contributed by atoms with E-state index in [2.05, 4.69) is 10.5 Å². The third-order valence-electron chi connectivity index (χ3n) is 5.45. The van der Waals surface area contributed by atoms with Crippen molar-refractivity contribution >= 4 is 11.8 Å². The van der Waals surface area contributed by atoms with Gasteiger partial charge in [-0.1, -0.05) is 31.8 Å². The smallest absolute Gasteiger partial charge is 0.243 e. The van der Waals surface area contributed by atoms with Gasteiger partial charge in [0, 0.05) is 25.1 Å². The van der Waals surface area contributed by atoms with E-state index in [0.717, 1.165) is 31.4 Å². The minimum atomic E-state index is -0.678. The zero-order chi connectivity index (χ0) is 18.8. The van der Waals surface area contributed by atoms with Crippen LogP contribution in [0.25, 0.3) is 0 Å². The van der Waals surface area contributed by atoms with Crippen LogP contribution in [0.5, 0.6) is 0 Å². The number of aliphatic hydroxyl groups is 1. The quantitative estimate of drug-likeness (QED) is 0.831. The molecule has 26 heavy (non-hydrogen) atoms. The van der Waals surface area contributed by atoms with Crippen LogP contribution in [0.4, 0.5) is 0 Å². The molecule has 0 bridgehead atoms. The molecule has 1 aromatic rings. The van der Waals surface area contributed by atoms with Gasteiger partial charge in [0.1, 0.15) is 17.7 Å². The molecule has 0 radical (unpaired) electrons. The standard InChI is InChI=1S/C19H29N3O4/c1-11(2)17(16-8-12(3)21-26-16)19(25)22-10-14(23)9-15(22)18(24)20-13-6-4-5-7-13/h8,11,13-15,17,23H,4-7,9-10H2,1-3H3,(H,20,24)/t14-,15+,17-/m1/s1. The molecular formula is C19H29N3O4. The molecule has 7 heteroatoms. The summed E-state index contributed by atoms with van der Waals surface area (Å²) in [4.78, 5) is 27.5. The molecule has 2 N–H and O–H groups in total. The van der Waals surface area contributed by atoms with Gasteiger partial charge in [-0.05, 0) is 25.7 Å². The summed E-state index contributed by atoms with van der Waals surface area (Å²) in [6.45, 7) is 5.88. The Labute approximate surface area is 154 Å². The molecule has 0 unspecified atom stereocenters. The molecule has 2 heterocycles. The van der Waals surface area contributed by atoms with Crippen molar-refractivity contribution in [2.45, 2.75) is 77.0 Å². The molecule has 144 valence electrons. The van der Waals surface area contributed by atoms with Gasteiger partial charge in [-0.2, -0.15) is 0 Å². The first-order valence-corrected chi connectivity index (χ1v) is 9.59. The summed E-state index contributed by atoms with van der Waals surface area (Å²) in [5.74, 6) is -0.342. The number of amides is 2. The van der Waals surface area contributed by atoms with Crippen molar-refractivity contribution in [3.8, 4) is 0 Å². The monoisotopic (exact) mass is 363 g/mol. The fraction of sp³-hybridized carbons (Fsp3) is 0.737. The van der Waals surface area contributed by atoms with Gasteiger partial charge < -0.3 is 19.8 Å². The number of β-amino-alcohol motifs (C(OH)–C–C–N with tert-alkyl or cyclic N) is 1. The average Bonchev–Trinajstić information content (AvgIpc) is 3.29. The Morgan fingerprint density at radius 3 is 2.62 bits per heavy atom. The lowest BCUT2D eigenvalue weighted by atomic mass is 9.91. The van der Waals surface area contributed by atoms with Crippen LogP contribution < -0.4 is 5.32 Å². The molecule has 1 aromatic heterocycles. The van der Waals surface area contributed by atoms with E-state index < -0.39 is 18.1 Å². The highest BCUT2D eigenvalue weighted by Gasteiger charge is 2.43. The van der Waals surface area contributed by atoms with Gasteiger partial charge >= 0.3 is 0 Å². The first kappa shape index (κ1) is 18.9. The molecule has 2 amide bonds. The number of carbonyl (C=O) groups is 2. The Balaban J connectivity index is 1.77. The zero-order valence-corrected chi connectivity index (χ0v) is 15.8. The van der Waals surface area contributed by atoms with Crippen LogP contribution in [0, 0.1) is 12.8 Å². The number of carbonyl (C=O) groups excluding carboxylic acids is 2. The Morgan fingerprint density at radius 1 is 1.35 bits per heavy atom. The number of rotatable bonds is 5. The van der Waals surface area contributed by atoms with Gasteiger partial charge in [-0.25, -0.2) is 0 Å². The largest absolute Gasteiger partial charge is 0.391 e. The van der Waals surface area contributed by atoms with E-state index in [9.17, 15) is 14.7 Å². The van der Waals surface area contributed by atoms with Crippen molar-refractivity contribution in [2.24, 2.45) is 5.92 Å². The topological polar surface area (TPSA) is 95.7 Å². The Kier molecular flexibility index (Phi) is 5.65. The highest BCUT2D eigenvalue weighted by Crippen LogP contribution is 2.31. The number of aliphatic hydroxyl groups excluding tert-OH is 1. The molecule has 3 atom stereocenters. The third-order valence-corrected chi connectivity index (χ3v) is 5.45. The molecule has 1 aliphatic heterocycles. The number of hydrogen-bond donors (Lipinski definition) is 2. The highest BCUT2D eigenvalue weighted by atomic mass is 16.5. The molecule has 1 saturated carbocycles. The van der Waals surface area contributed by atoms with E-state index in [1.54, 1.807) is 6.07 Å². The predicted octanol–water partition coefficient (Wildman–Crippen LogP) is 1.74. The van der Waals surface area contributed by atoms with E-state index >= 15 is 0 Å². The van der Waals surface area contributed by atoms with E-state index in [4.69, 9.17) is 4.52 Å². The minimum Gasteiger partial charge on any atom is -0.391 e. The Hall–Kier alpha value is -1.89. The van der Waals surface area contributed by atoms with E-state index in [1.165, 1.54) is 4.90 Å². The van der Waals surface area contributed by atoms with Gasteiger partial charge in [-0.3, -0.25) is 9.59 Å². The maximum absolute atomic E-state index is 13.2. The summed E-state index contributed by atoms with van der Waals surface area (Å²) in [5, 5.41) is 17.1. The Morgan fingerprint density at radius 2 is 2.04 bits per heavy atom. The number of aromatic nitrogens is 1. The van der Waals surface area contributed by atoms with Crippen molar-refractivity contribution < 1.29 is 19.2 Å². The van der Waals surface area contributed by atoms with Crippen molar-refractivity contribution in [3.05, 3.63) is 17.5 Å². The highest BCUT2D eigenvalue weighted by molar-refractivity contribution is 5.91. The lowest BCUT2D eigenvalue weighted by Crippen LogP contribution is -2.49. The molecule has 0 aromatic carbocycles. The molecule has 2 fully saturated rings. The van der Waals surface area contributed by atoms with Crippen LogP contribution >= 0.6 is 0 Å². The van der Waals surface area contributed by atoms with Crippen LogP contribution in [0.2, 0.25) is 0 Å². The van der Waals surface area contributed by atoms with Crippen LogP contribution in [-0.4, -0.2) is 51.7 Å². The number of aryl methyl sites for hydroxylation is 1. The molecule has 2 aliphatic rings. The van der Waals surface area contributed by atoms with Crippen molar-refractivity contribution in [1.29, 1.82) is 0 Å². The lowest BCUT2D eigenvalue weighted by molar-refractivity contribution is -0.141. The molecule has 7 nitrogen and oxygen atoms in total. The first-order valence-electron chi connectivity index (χ1n) is 9.59. The maximum Gasteiger partial charge on any atom is 0.243 e. The van der Waals surface area contributed by atoms with Crippen molar-refractivity contribution in [1.82, 2.24) is 15.4 Å². The lowest BCUT2D eigenvalue weighted by Gasteiger charge is -2.29. The number of nitrogens with zero attached hydrogens (tertiary/aromatic N) is 2. The Bertz CT molecular complexity index is 651. The van der Waals surface area contributed by atoms with Gasteiger partial charge in [-0.15, -0.1) is 0 Å². The van der Waals surface area contributed by atoms with Crippen LogP contribution in [-0.2, 0) is 9.59 Å². The molecule has 1 aliphatic carbocycles. The van der Waals surface area contributed by atoms with E-state index in [-0.39, 0.29) is 36.7 Å². The van der Waals surface area contributed by atoms with Crippen molar-refractivity contribution in [2.75, 3.05) is 6.54 Å². The maximum atomic E-state index is 13.2. The molecule has 1 saturated heterocycles. The SMILES string of the molecule is Cc1cc([C@H](C(=O)N2C[C@H](O)C[C@H]2C(=O)NC2CCCC2)C(C)C)on1. The summed E-state index contributed by atoms with van der Waals surface area (Å²) in [6.07, 6.45) is 3.83. The van der Waals surface area contributed by atoms with Crippen LogP contribution in [0.15, 0.2) is 10.6 Å². The van der Waals surface area contributed by atoms with Gasteiger partial charge in [0.05, 0.1) is 11.8 Å². The van der Waals surface area contributed by atoms with Gasteiger partial charge in [0.15, 0.2) is 0 Å². The van der Waals surface area contributed by atoms with Crippen LogP contribution in [0.3, 0.4) is 0 Å². The minimum absolute atomic E-state index is 0.00821. The first-order chi connectivity index (χ1) is 12.4. The fourth-order valence-corrected chi connectivity index (χ4v) is 4.12. The number of nitrogens with one attached hydrogen (secondary N) is 1. The number of likely N-dealkylation sites (tertiary alicyclic amines) is 1. The summed E-state index contributed by atoms with van der Waals surface area (Å²) in [5.41, 5.74) is 0.718. The summed E-state index contributed by atoms with van der Waals surface area (Å²) >= 11 is 0. The molecule has 0 spiro atoms. The second-order valence-electron chi connectivity index (χ2n) is 7.98. The fourth-order valence-electron chi connectivity index (χ4n) is 4.12. The average molecular weight is 363 g/mol. The summed E-state index contributed by atoms with van der Waals surface area (Å²) in [7, 11) is 0. The predicted molar refractivity (Wildman–Crippen MR) is 95.3 cm³/mol. The zero-order valence-electron chi connectivity index (χ0n) is 15.8. The van der Waals surface area contributed by atoms with Crippen LogP contribution in [0.1, 0.15) is 63.3 Å². The van der Waals surface area contributed by atoms with E-state index in [1.807, 2.05) is 20.8 Å². The number of hydrogen-bond acceptors (Lipinski definition) is 5. The van der Waals surface area contributed by atoms with Crippen molar-refractivity contribution in [3.63, 3.8) is 0 Å². The summed E-state index contributed by atoms with van der Waals surface area (Å²) in [6, 6.07) is 1.33. The van der Waals surface area contributed by atoms with Gasteiger partial charge in [0.2, 0.25) is 11.8 Å². The molecular weight excluding hydrogens is 334 g/mol. The second kappa shape index (κ2) is 7.78. The third kappa shape index (κ3) is 3.92. The molecule has 3 rings (SSSR count).